The summed E-state index contributed by atoms with van der Waals surface area (Å²) in [5.74, 6) is 0.833. The van der Waals surface area contributed by atoms with Crippen molar-refractivity contribution in [2.75, 3.05) is 18.5 Å². The van der Waals surface area contributed by atoms with Crippen molar-refractivity contribution in [3.63, 3.8) is 0 Å². The number of fused-ring (bicyclic) bond motifs is 3. The molecule has 2 aromatic carbocycles. The molecule has 25 heavy (non-hydrogen) atoms. The Hall–Kier alpha value is -2.75. The van der Waals surface area contributed by atoms with Gasteiger partial charge in [-0.05, 0) is 36.6 Å². The van der Waals surface area contributed by atoms with Gasteiger partial charge in [0.2, 0.25) is 0 Å². The van der Waals surface area contributed by atoms with E-state index in [2.05, 4.69) is 22.4 Å². The summed E-state index contributed by atoms with van der Waals surface area (Å²) in [7, 11) is 0. The topological polar surface area (TPSA) is 54.1 Å². The highest BCUT2D eigenvalue weighted by molar-refractivity contribution is 5.94. The van der Waals surface area contributed by atoms with Gasteiger partial charge in [0.15, 0.2) is 0 Å². The van der Waals surface area contributed by atoms with Crippen LogP contribution in [-0.2, 0) is 12.8 Å². The quantitative estimate of drug-likeness (QED) is 0.753. The first-order valence-corrected chi connectivity index (χ1v) is 8.41. The lowest BCUT2D eigenvalue weighted by atomic mass is 10.0. The lowest BCUT2D eigenvalue weighted by Crippen LogP contribution is -2.22. The fraction of sp³-hybridized carbons (Fsp3) is 0.286. The summed E-state index contributed by atoms with van der Waals surface area (Å²) in [6, 6.07) is 16.2. The summed E-state index contributed by atoms with van der Waals surface area (Å²) in [5, 5.41) is 4.41. The summed E-state index contributed by atoms with van der Waals surface area (Å²) >= 11 is 0. The summed E-state index contributed by atoms with van der Waals surface area (Å²) < 4.78 is 5.92. The molecule has 0 amide bonds. The average Bonchev–Trinajstić information content (AvgIpc) is 2.63. The van der Waals surface area contributed by atoms with E-state index in [0.717, 1.165) is 53.7 Å². The number of H-pyrrole nitrogens is 1. The normalized spacial score (nSPS) is 12.8. The number of hydrogen-bond acceptors (Lipinski definition) is 3. The molecular formula is C21H24N2O2. The van der Waals surface area contributed by atoms with E-state index in [-0.39, 0.29) is 13.0 Å². The minimum atomic E-state index is 0. The molecule has 1 aliphatic heterocycles. The smallest absolute Gasteiger partial charge is 0.253 e. The van der Waals surface area contributed by atoms with Crippen LogP contribution in [0.2, 0.25) is 0 Å². The summed E-state index contributed by atoms with van der Waals surface area (Å²) in [6.45, 7) is 1.54. The molecule has 0 fully saturated rings. The molecule has 2 N–H and O–H groups in total. The predicted molar refractivity (Wildman–Crippen MR) is 104 cm³/mol. The average molecular weight is 336 g/mol. The Morgan fingerprint density at radius 1 is 1.08 bits per heavy atom. The highest BCUT2D eigenvalue weighted by atomic mass is 16.5. The Kier molecular flexibility index (Phi) is 5.08. The zero-order valence-corrected chi connectivity index (χ0v) is 13.5. The maximum atomic E-state index is 12.2. The largest absolute Gasteiger partial charge is 0.493 e. The van der Waals surface area contributed by atoms with Crippen molar-refractivity contribution in [2.24, 2.45) is 0 Å². The van der Waals surface area contributed by atoms with E-state index in [4.69, 9.17) is 4.74 Å². The van der Waals surface area contributed by atoms with Crippen LogP contribution in [0.5, 0.6) is 5.75 Å². The van der Waals surface area contributed by atoms with Gasteiger partial charge in [-0.15, -0.1) is 0 Å². The molecule has 4 heteroatoms. The van der Waals surface area contributed by atoms with Crippen molar-refractivity contribution in [3.8, 4) is 5.75 Å². The minimum absolute atomic E-state index is 0. The number of aromatic amines is 1. The molecule has 0 unspecified atom stereocenters. The summed E-state index contributed by atoms with van der Waals surface area (Å²) in [6.07, 6.45) is 2.70. The molecule has 0 atom stereocenters. The molecule has 0 saturated carbocycles. The van der Waals surface area contributed by atoms with Crippen molar-refractivity contribution >= 4 is 16.6 Å². The molecule has 0 radical (unpaired) electrons. The van der Waals surface area contributed by atoms with Crippen molar-refractivity contribution in [2.45, 2.75) is 26.7 Å². The third kappa shape index (κ3) is 3.53. The minimum Gasteiger partial charge on any atom is -0.493 e. The van der Waals surface area contributed by atoms with Gasteiger partial charge < -0.3 is 15.0 Å². The molecule has 0 saturated heterocycles. The number of aromatic nitrogens is 1. The predicted octanol–water partition coefficient (Wildman–Crippen LogP) is 4.14. The van der Waals surface area contributed by atoms with E-state index in [1.807, 2.05) is 36.4 Å². The SMILES string of the molecule is C.O=c1[nH]c2ccc(OCCc3ccccc3)cc2c2c1CCCN2. The lowest BCUT2D eigenvalue weighted by molar-refractivity contribution is 0.322. The first-order valence-electron chi connectivity index (χ1n) is 8.41. The van der Waals surface area contributed by atoms with Crippen molar-refractivity contribution < 1.29 is 4.74 Å². The van der Waals surface area contributed by atoms with Gasteiger partial charge in [-0.25, -0.2) is 0 Å². The summed E-state index contributed by atoms with van der Waals surface area (Å²) in [5.41, 5.74) is 3.95. The van der Waals surface area contributed by atoms with E-state index in [1.165, 1.54) is 5.56 Å². The maximum absolute atomic E-state index is 12.2. The first kappa shape index (κ1) is 17.1. The van der Waals surface area contributed by atoms with Gasteiger partial charge in [0.25, 0.3) is 5.56 Å². The van der Waals surface area contributed by atoms with Crippen molar-refractivity contribution in [1.29, 1.82) is 0 Å². The van der Waals surface area contributed by atoms with Crippen LogP contribution in [0.3, 0.4) is 0 Å². The molecule has 130 valence electrons. The Bertz CT molecular complexity index is 916. The Morgan fingerprint density at radius 3 is 2.76 bits per heavy atom. The van der Waals surface area contributed by atoms with Gasteiger partial charge in [0.05, 0.1) is 17.8 Å². The fourth-order valence-corrected chi connectivity index (χ4v) is 3.25. The molecular weight excluding hydrogens is 312 g/mol. The van der Waals surface area contributed by atoms with E-state index >= 15 is 0 Å². The highest BCUT2D eigenvalue weighted by Gasteiger charge is 2.16. The Morgan fingerprint density at radius 2 is 1.92 bits per heavy atom. The van der Waals surface area contributed by atoms with E-state index in [0.29, 0.717) is 6.61 Å². The number of benzene rings is 2. The molecule has 4 nitrogen and oxygen atoms in total. The van der Waals surface area contributed by atoms with Crippen molar-refractivity contribution in [1.82, 2.24) is 4.98 Å². The van der Waals surface area contributed by atoms with Gasteiger partial charge >= 0.3 is 0 Å². The zero-order chi connectivity index (χ0) is 16.4. The van der Waals surface area contributed by atoms with Crippen LogP contribution in [-0.4, -0.2) is 18.1 Å². The molecule has 0 bridgehead atoms. The van der Waals surface area contributed by atoms with Gasteiger partial charge in [0.1, 0.15) is 5.75 Å². The van der Waals surface area contributed by atoms with Crippen LogP contribution in [0, 0.1) is 0 Å². The second-order valence-electron chi connectivity index (χ2n) is 6.13. The number of rotatable bonds is 4. The van der Waals surface area contributed by atoms with Gasteiger partial charge in [-0.3, -0.25) is 4.79 Å². The van der Waals surface area contributed by atoms with Crippen LogP contribution in [0.4, 0.5) is 5.69 Å². The lowest BCUT2D eigenvalue weighted by Gasteiger charge is -2.19. The molecule has 2 heterocycles. The fourth-order valence-electron chi connectivity index (χ4n) is 3.25. The van der Waals surface area contributed by atoms with Gasteiger partial charge in [0, 0.05) is 23.9 Å². The van der Waals surface area contributed by atoms with Crippen LogP contribution < -0.4 is 15.6 Å². The molecule has 0 spiro atoms. The van der Waals surface area contributed by atoms with Crippen LogP contribution in [0.15, 0.2) is 53.3 Å². The van der Waals surface area contributed by atoms with E-state index in [1.54, 1.807) is 0 Å². The first-order chi connectivity index (χ1) is 11.8. The molecule has 1 aliphatic rings. The van der Waals surface area contributed by atoms with E-state index in [9.17, 15) is 4.79 Å². The molecule has 4 rings (SSSR count). The van der Waals surface area contributed by atoms with Gasteiger partial charge in [-0.1, -0.05) is 37.8 Å². The molecule has 1 aromatic heterocycles. The van der Waals surface area contributed by atoms with Gasteiger partial charge in [-0.2, -0.15) is 0 Å². The van der Waals surface area contributed by atoms with Crippen LogP contribution in [0.1, 0.15) is 25.0 Å². The molecule has 0 aliphatic carbocycles. The zero-order valence-electron chi connectivity index (χ0n) is 13.5. The summed E-state index contributed by atoms with van der Waals surface area (Å²) in [4.78, 5) is 15.1. The Balaban J connectivity index is 0.00000182. The molecule has 3 aromatic rings. The second kappa shape index (κ2) is 7.43. The number of nitrogens with one attached hydrogen (secondary N) is 2. The number of anilines is 1. The Labute approximate surface area is 147 Å². The van der Waals surface area contributed by atoms with Crippen LogP contribution in [0.25, 0.3) is 10.9 Å². The third-order valence-electron chi connectivity index (χ3n) is 4.49. The number of hydrogen-bond donors (Lipinski definition) is 2. The number of ether oxygens (including phenoxy) is 1. The third-order valence-corrected chi connectivity index (χ3v) is 4.49. The second-order valence-corrected chi connectivity index (χ2v) is 6.13. The van der Waals surface area contributed by atoms with Crippen molar-refractivity contribution in [3.05, 3.63) is 70.0 Å². The number of pyridine rings is 1. The standard InChI is InChI=1S/C20H20N2O2.CH4/c23-20-16-7-4-11-21-19(16)17-13-15(8-9-18(17)22-20)24-12-10-14-5-2-1-3-6-14;/h1-3,5-6,8-9,13,21H,4,7,10-12H2,(H,22,23);1H4. The highest BCUT2D eigenvalue weighted by Crippen LogP contribution is 2.30. The van der Waals surface area contributed by atoms with Crippen LogP contribution >= 0.6 is 0 Å². The maximum Gasteiger partial charge on any atom is 0.253 e. The van der Waals surface area contributed by atoms with E-state index < -0.39 is 0 Å². The monoisotopic (exact) mass is 336 g/mol.